The van der Waals surface area contributed by atoms with Gasteiger partial charge in [-0.15, -0.1) is 6.42 Å². The number of hydrogen-bond donors (Lipinski definition) is 1. The van der Waals surface area contributed by atoms with Gasteiger partial charge in [0, 0.05) is 13.3 Å². The summed E-state index contributed by atoms with van der Waals surface area (Å²) in [6.45, 7) is 22.1. The fraction of sp³-hybridized carbons (Fsp3) is 0.696. The second-order valence-electron chi connectivity index (χ2n) is 10.1. The highest BCUT2D eigenvalue weighted by atomic mass is 16.5. The predicted molar refractivity (Wildman–Crippen MR) is 112 cm³/mol. The van der Waals surface area contributed by atoms with Crippen molar-refractivity contribution in [3.63, 3.8) is 0 Å². The Morgan fingerprint density at radius 1 is 1.26 bits per heavy atom. The largest absolute Gasteiger partial charge is 0.379 e. The summed E-state index contributed by atoms with van der Waals surface area (Å²) >= 11 is 0. The van der Waals surface area contributed by atoms with Crippen LogP contribution in [0.4, 0.5) is 0 Å². The van der Waals surface area contributed by atoms with E-state index in [1.807, 2.05) is 4.90 Å². The minimum Gasteiger partial charge on any atom is -0.379 e. The van der Waals surface area contributed by atoms with Gasteiger partial charge < -0.3 is 15.0 Å². The molecule has 152 valence electrons. The Balaban J connectivity index is 3.27. The van der Waals surface area contributed by atoms with Crippen molar-refractivity contribution < 1.29 is 9.53 Å². The second kappa shape index (κ2) is 8.52. The van der Waals surface area contributed by atoms with Crippen LogP contribution in [0, 0.1) is 35.0 Å². The molecule has 1 rings (SSSR count). The molecule has 0 aromatic rings. The van der Waals surface area contributed by atoms with Gasteiger partial charge in [0.05, 0.1) is 12.1 Å². The Labute approximate surface area is 166 Å². The molecule has 0 aliphatic carbocycles. The van der Waals surface area contributed by atoms with Crippen LogP contribution in [0.2, 0.25) is 0 Å². The Kier molecular flexibility index (Phi) is 7.36. The van der Waals surface area contributed by atoms with Gasteiger partial charge in [-0.1, -0.05) is 61.0 Å². The second-order valence-corrected chi connectivity index (χ2v) is 10.1. The number of nitrogens with one attached hydrogen (secondary N) is 1. The number of nitrogens with zero attached hydrogens (tertiary/aromatic N) is 1. The maximum atomic E-state index is 12.0. The number of carbonyl (C=O) groups is 1. The van der Waals surface area contributed by atoms with Gasteiger partial charge in [-0.2, -0.15) is 0 Å². The molecule has 0 aromatic carbocycles. The molecule has 0 saturated heterocycles. The van der Waals surface area contributed by atoms with E-state index in [0.29, 0.717) is 23.2 Å². The Hall–Kier alpha value is -1.73. The first-order valence-corrected chi connectivity index (χ1v) is 9.72. The van der Waals surface area contributed by atoms with E-state index in [1.54, 1.807) is 13.3 Å². The Morgan fingerprint density at radius 2 is 1.81 bits per heavy atom. The van der Waals surface area contributed by atoms with E-state index < -0.39 is 0 Å². The highest BCUT2D eigenvalue weighted by Crippen LogP contribution is 2.42. The number of ether oxygens (including phenoxy) is 1. The van der Waals surface area contributed by atoms with Crippen LogP contribution in [0.5, 0.6) is 0 Å². The van der Waals surface area contributed by atoms with Crippen molar-refractivity contribution in [2.24, 2.45) is 22.7 Å². The molecule has 0 radical (unpaired) electrons. The average Bonchev–Trinajstić information content (AvgIpc) is 2.48. The van der Waals surface area contributed by atoms with Gasteiger partial charge in [-0.05, 0) is 36.0 Å². The zero-order valence-electron chi connectivity index (χ0n) is 18.6. The fourth-order valence-corrected chi connectivity index (χ4v) is 4.57. The van der Waals surface area contributed by atoms with Crippen molar-refractivity contribution in [1.82, 2.24) is 10.2 Å². The smallest absolute Gasteiger partial charge is 0.266 e. The molecule has 4 nitrogen and oxygen atoms in total. The van der Waals surface area contributed by atoms with Crippen molar-refractivity contribution in [3.05, 3.63) is 24.2 Å². The average molecular weight is 375 g/mol. The summed E-state index contributed by atoms with van der Waals surface area (Å²) < 4.78 is 6.06. The standard InChI is InChI=1S/C23H38N2O2/c1-12-18-14-25(17(4)24-21(18)26)16(3)20(27-11)19(23(8,9)10)15(2)13-22(5,6)7/h1,14-16,19-20H,4,13H2,2-3,5-11H3,(H,24,26)/t15-,16-,19+,20?/m1/s1. The molecule has 4 atom stereocenters. The zero-order valence-corrected chi connectivity index (χ0v) is 18.6. The molecule has 0 saturated carbocycles. The molecule has 1 aliphatic heterocycles. The lowest BCUT2D eigenvalue weighted by Crippen LogP contribution is -2.52. The lowest BCUT2D eigenvalue weighted by atomic mass is 9.65. The van der Waals surface area contributed by atoms with Gasteiger partial charge >= 0.3 is 0 Å². The fourth-order valence-electron chi connectivity index (χ4n) is 4.57. The van der Waals surface area contributed by atoms with Crippen LogP contribution in [0.25, 0.3) is 0 Å². The van der Waals surface area contributed by atoms with Gasteiger partial charge in [0.1, 0.15) is 11.4 Å². The van der Waals surface area contributed by atoms with E-state index in [2.05, 4.69) is 73.2 Å². The number of rotatable bonds is 6. The first kappa shape index (κ1) is 23.3. The SMILES string of the molecule is C#CC1=CN([C@H](C)C(OC)[C@H]([C@H](C)CC(C)(C)C)C(C)(C)C)C(=C)NC1=O. The van der Waals surface area contributed by atoms with E-state index in [4.69, 9.17) is 11.2 Å². The summed E-state index contributed by atoms with van der Waals surface area (Å²) in [5, 5.41) is 2.76. The molecule has 0 spiro atoms. The first-order chi connectivity index (χ1) is 12.2. The van der Waals surface area contributed by atoms with E-state index in [-0.39, 0.29) is 28.9 Å². The third-order valence-corrected chi connectivity index (χ3v) is 5.33. The Morgan fingerprint density at radius 3 is 2.22 bits per heavy atom. The lowest BCUT2D eigenvalue weighted by Gasteiger charge is -2.47. The van der Waals surface area contributed by atoms with Crippen molar-refractivity contribution in [1.29, 1.82) is 0 Å². The minimum atomic E-state index is -0.284. The van der Waals surface area contributed by atoms with Crippen LogP contribution in [-0.2, 0) is 9.53 Å². The zero-order chi connectivity index (χ0) is 21.2. The van der Waals surface area contributed by atoms with E-state index in [0.717, 1.165) is 6.42 Å². The topological polar surface area (TPSA) is 41.6 Å². The van der Waals surface area contributed by atoms with Crippen LogP contribution >= 0.6 is 0 Å². The van der Waals surface area contributed by atoms with Gasteiger partial charge in [0.2, 0.25) is 0 Å². The molecular weight excluding hydrogens is 336 g/mol. The maximum absolute atomic E-state index is 12.0. The van der Waals surface area contributed by atoms with Crippen LogP contribution < -0.4 is 5.32 Å². The molecule has 1 unspecified atom stereocenters. The quantitative estimate of drug-likeness (QED) is 0.694. The van der Waals surface area contributed by atoms with Crippen molar-refractivity contribution in [3.8, 4) is 12.3 Å². The predicted octanol–water partition coefficient (Wildman–Crippen LogP) is 4.54. The first-order valence-electron chi connectivity index (χ1n) is 9.72. The van der Waals surface area contributed by atoms with Gasteiger partial charge in [0.25, 0.3) is 5.91 Å². The van der Waals surface area contributed by atoms with Crippen LogP contribution in [0.3, 0.4) is 0 Å². The third-order valence-electron chi connectivity index (χ3n) is 5.33. The molecule has 1 N–H and O–H groups in total. The highest BCUT2D eigenvalue weighted by Gasteiger charge is 2.42. The van der Waals surface area contributed by atoms with E-state index in [1.165, 1.54) is 0 Å². The molecule has 0 bridgehead atoms. The normalized spacial score (nSPS) is 20.3. The summed E-state index contributed by atoms with van der Waals surface area (Å²) in [6, 6.07) is -0.0295. The highest BCUT2D eigenvalue weighted by molar-refractivity contribution is 5.99. The molecular formula is C23H38N2O2. The molecule has 0 aromatic heterocycles. The molecule has 1 heterocycles. The summed E-state index contributed by atoms with van der Waals surface area (Å²) in [4.78, 5) is 13.9. The number of amides is 1. The number of carbonyl (C=O) groups excluding carboxylic acids is 1. The molecule has 0 fully saturated rings. The molecule has 27 heavy (non-hydrogen) atoms. The monoisotopic (exact) mass is 374 g/mol. The van der Waals surface area contributed by atoms with Crippen molar-refractivity contribution >= 4 is 5.91 Å². The van der Waals surface area contributed by atoms with E-state index >= 15 is 0 Å². The van der Waals surface area contributed by atoms with Crippen LogP contribution in [0.1, 0.15) is 61.8 Å². The summed E-state index contributed by atoms with van der Waals surface area (Å²) in [5.74, 6) is 3.47. The van der Waals surface area contributed by atoms with Gasteiger partial charge in [0.15, 0.2) is 0 Å². The number of methoxy groups -OCH3 is 1. The van der Waals surface area contributed by atoms with Crippen molar-refractivity contribution in [2.45, 2.75) is 74.0 Å². The Bertz CT molecular complexity index is 628. The maximum Gasteiger partial charge on any atom is 0.266 e. The van der Waals surface area contributed by atoms with Gasteiger partial charge in [-0.3, -0.25) is 4.79 Å². The number of hydrogen-bond acceptors (Lipinski definition) is 3. The summed E-state index contributed by atoms with van der Waals surface area (Å²) in [5.41, 5.74) is 0.599. The molecule has 4 heteroatoms. The third kappa shape index (κ3) is 5.87. The molecule has 1 amide bonds. The summed E-state index contributed by atoms with van der Waals surface area (Å²) in [6.07, 6.45) is 8.25. The van der Waals surface area contributed by atoms with Crippen LogP contribution in [-0.4, -0.2) is 30.1 Å². The van der Waals surface area contributed by atoms with Gasteiger partial charge in [-0.25, -0.2) is 0 Å². The minimum absolute atomic E-state index is 0.0295. The lowest BCUT2D eigenvalue weighted by molar-refractivity contribution is -0.118. The van der Waals surface area contributed by atoms with Crippen molar-refractivity contribution in [2.75, 3.05) is 7.11 Å². The number of terminal acetylenes is 1. The van der Waals surface area contributed by atoms with E-state index in [9.17, 15) is 4.79 Å². The summed E-state index contributed by atoms with van der Waals surface area (Å²) in [7, 11) is 1.76. The molecule has 1 aliphatic rings. The van der Waals surface area contributed by atoms with Crippen LogP contribution in [0.15, 0.2) is 24.2 Å².